The van der Waals surface area contributed by atoms with Gasteiger partial charge in [0.25, 0.3) is 5.69 Å². The zero-order valence-corrected chi connectivity index (χ0v) is 22.8. The number of ether oxygens (including phenoxy) is 2. The molecule has 0 radical (unpaired) electrons. The zero-order chi connectivity index (χ0) is 24.4. The summed E-state index contributed by atoms with van der Waals surface area (Å²) < 4.78 is 12.9. The van der Waals surface area contributed by atoms with E-state index in [4.69, 9.17) is 32.7 Å². The minimum absolute atomic E-state index is 0.0120. The molecule has 4 rings (SSSR count). The lowest BCUT2D eigenvalue weighted by Crippen LogP contribution is -2.06. The molecule has 0 atom stereocenters. The topological polar surface area (TPSA) is 91.0 Å². The van der Waals surface area contributed by atoms with Crippen LogP contribution in [0.5, 0.6) is 5.75 Å². The third-order valence-corrected chi connectivity index (χ3v) is 6.76. The Morgan fingerprint density at radius 1 is 1.09 bits per heavy atom. The summed E-state index contributed by atoms with van der Waals surface area (Å²) in [6.07, 6.45) is 1.60. The Hall–Kier alpha value is -2.22. The van der Waals surface area contributed by atoms with E-state index in [-0.39, 0.29) is 27.9 Å². The molecule has 0 spiro atoms. The average Bonchev–Trinajstić information content (AvgIpc) is 3.12. The fourth-order valence-corrected chi connectivity index (χ4v) is 5.65. The van der Waals surface area contributed by atoms with Gasteiger partial charge in [0.1, 0.15) is 12.4 Å². The maximum Gasteiger partial charge on any atom is 0.363 e. The van der Waals surface area contributed by atoms with Crippen molar-refractivity contribution in [2.24, 2.45) is 4.99 Å². The summed E-state index contributed by atoms with van der Waals surface area (Å²) in [5.74, 6) is 0.0666. The maximum atomic E-state index is 12.4. The predicted octanol–water partition coefficient (Wildman–Crippen LogP) is 7.03. The second kappa shape index (κ2) is 10.6. The van der Waals surface area contributed by atoms with Gasteiger partial charge in [-0.3, -0.25) is 10.1 Å². The van der Waals surface area contributed by atoms with Crippen molar-refractivity contribution >= 4 is 92.0 Å². The fourth-order valence-electron chi connectivity index (χ4n) is 3.06. The molecule has 1 aliphatic heterocycles. The Balaban J connectivity index is 1.57. The van der Waals surface area contributed by atoms with Crippen molar-refractivity contribution in [2.75, 3.05) is 0 Å². The summed E-state index contributed by atoms with van der Waals surface area (Å²) in [5, 5.41) is 11.6. The van der Waals surface area contributed by atoms with E-state index in [1.165, 1.54) is 18.2 Å². The van der Waals surface area contributed by atoms with Crippen molar-refractivity contribution in [3.05, 3.63) is 104 Å². The fraction of sp³-hybridized carbons (Fsp3) is 0.0435. The number of hydrogen-bond donors (Lipinski definition) is 0. The van der Waals surface area contributed by atoms with Gasteiger partial charge in [0.15, 0.2) is 5.70 Å². The van der Waals surface area contributed by atoms with Crippen molar-refractivity contribution in [1.29, 1.82) is 0 Å². The first kappa shape index (κ1) is 24.9. The molecule has 11 heteroatoms. The molecule has 0 saturated carbocycles. The van der Waals surface area contributed by atoms with Crippen LogP contribution in [-0.2, 0) is 16.1 Å². The van der Waals surface area contributed by atoms with Crippen molar-refractivity contribution in [3.8, 4) is 5.75 Å². The number of hydrogen-bond acceptors (Lipinski definition) is 6. The predicted molar refractivity (Wildman–Crippen MR) is 146 cm³/mol. The Kier molecular flexibility index (Phi) is 7.75. The van der Waals surface area contributed by atoms with E-state index >= 15 is 0 Å². The minimum Gasteiger partial charge on any atom is -0.487 e. The van der Waals surface area contributed by atoms with Crippen molar-refractivity contribution in [2.45, 2.75) is 6.61 Å². The standard InChI is InChI=1S/C23H12Cl2I2N2O5/c24-14-3-1-2-12(6-14)11-33-21-18(26)7-13(8-19(21)27)9-20-23(30)34-22(28-20)16-5-4-15(29(31)32)10-17(16)25/h1-10H,11H2/b20-9-. The lowest BCUT2D eigenvalue weighted by atomic mass is 10.2. The minimum atomic E-state index is -0.643. The van der Waals surface area contributed by atoms with E-state index in [2.05, 4.69) is 50.2 Å². The number of cyclic esters (lactones) is 1. The second-order valence-corrected chi connectivity index (χ2v) is 10.2. The first-order chi connectivity index (χ1) is 16.2. The molecular formula is C23H12Cl2I2N2O5. The molecular weight excluding hydrogens is 709 g/mol. The second-order valence-electron chi connectivity index (χ2n) is 6.99. The van der Waals surface area contributed by atoms with Gasteiger partial charge < -0.3 is 9.47 Å². The lowest BCUT2D eigenvalue weighted by molar-refractivity contribution is -0.384. The van der Waals surface area contributed by atoms with Crippen LogP contribution in [0.25, 0.3) is 6.08 Å². The molecule has 0 unspecified atom stereocenters. The van der Waals surface area contributed by atoms with E-state index in [0.29, 0.717) is 11.6 Å². The van der Waals surface area contributed by atoms with Crippen LogP contribution in [0.1, 0.15) is 16.7 Å². The number of non-ortho nitro benzene ring substituents is 1. The zero-order valence-electron chi connectivity index (χ0n) is 16.9. The molecule has 172 valence electrons. The van der Waals surface area contributed by atoms with Crippen LogP contribution in [0, 0.1) is 17.3 Å². The summed E-state index contributed by atoms with van der Waals surface area (Å²) in [4.78, 5) is 27.0. The molecule has 3 aromatic carbocycles. The number of nitro benzene ring substituents is 1. The highest BCUT2D eigenvalue weighted by Crippen LogP contribution is 2.32. The van der Waals surface area contributed by atoms with Gasteiger partial charge in [-0.05, 0) is 92.7 Å². The molecule has 34 heavy (non-hydrogen) atoms. The smallest absolute Gasteiger partial charge is 0.363 e. The normalized spacial score (nSPS) is 14.2. The number of nitrogens with zero attached hydrogens (tertiary/aromatic N) is 2. The Morgan fingerprint density at radius 2 is 1.82 bits per heavy atom. The summed E-state index contributed by atoms with van der Waals surface area (Å²) in [6.45, 7) is 0.364. The summed E-state index contributed by atoms with van der Waals surface area (Å²) in [6, 6.07) is 15.0. The van der Waals surface area contributed by atoms with E-state index < -0.39 is 10.9 Å². The SMILES string of the molecule is O=C1OC(c2ccc([N+](=O)[O-])cc2Cl)=N/C1=C\c1cc(I)c(OCc2cccc(Cl)c2)c(I)c1. The van der Waals surface area contributed by atoms with E-state index in [9.17, 15) is 14.9 Å². The van der Waals surface area contributed by atoms with Crippen LogP contribution < -0.4 is 4.74 Å². The number of esters is 1. The van der Waals surface area contributed by atoms with Crippen LogP contribution in [0.4, 0.5) is 5.69 Å². The van der Waals surface area contributed by atoms with E-state index in [1.807, 2.05) is 30.3 Å². The van der Waals surface area contributed by atoms with Crippen LogP contribution in [0.2, 0.25) is 10.0 Å². The summed E-state index contributed by atoms with van der Waals surface area (Å²) in [7, 11) is 0. The van der Waals surface area contributed by atoms with Crippen LogP contribution in [0.3, 0.4) is 0 Å². The average molecular weight is 721 g/mol. The Bertz CT molecular complexity index is 1370. The van der Waals surface area contributed by atoms with Gasteiger partial charge in [-0.2, -0.15) is 0 Å². The number of benzene rings is 3. The van der Waals surface area contributed by atoms with Gasteiger partial charge in [0.2, 0.25) is 5.90 Å². The number of rotatable bonds is 6. The Labute approximate surface area is 231 Å². The number of carbonyl (C=O) groups is 1. The van der Waals surface area contributed by atoms with Gasteiger partial charge >= 0.3 is 5.97 Å². The Morgan fingerprint density at radius 3 is 2.47 bits per heavy atom. The van der Waals surface area contributed by atoms with Crippen molar-refractivity contribution in [1.82, 2.24) is 0 Å². The molecule has 0 N–H and O–H groups in total. The quantitative estimate of drug-likeness (QED) is 0.0897. The van der Waals surface area contributed by atoms with Crippen LogP contribution in [0.15, 0.2) is 65.3 Å². The summed E-state index contributed by atoms with van der Waals surface area (Å²) >= 11 is 16.5. The highest BCUT2D eigenvalue weighted by atomic mass is 127. The monoisotopic (exact) mass is 720 g/mol. The van der Waals surface area contributed by atoms with Gasteiger partial charge in [-0.25, -0.2) is 9.79 Å². The van der Waals surface area contributed by atoms with Crippen molar-refractivity contribution in [3.63, 3.8) is 0 Å². The van der Waals surface area contributed by atoms with Gasteiger partial charge in [0.05, 0.1) is 22.6 Å². The molecule has 1 aliphatic rings. The molecule has 0 saturated heterocycles. The molecule has 0 amide bonds. The number of halogens is 4. The maximum absolute atomic E-state index is 12.4. The van der Waals surface area contributed by atoms with Gasteiger partial charge in [-0.1, -0.05) is 35.3 Å². The summed E-state index contributed by atoms with van der Waals surface area (Å²) in [5.41, 5.74) is 1.89. The molecule has 0 bridgehead atoms. The third kappa shape index (κ3) is 5.70. The molecule has 0 aromatic heterocycles. The largest absolute Gasteiger partial charge is 0.487 e. The van der Waals surface area contributed by atoms with Gasteiger partial charge in [0, 0.05) is 17.2 Å². The first-order valence-corrected chi connectivity index (χ1v) is 12.5. The highest BCUT2D eigenvalue weighted by Gasteiger charge is 2.26. The van der Waals surface area contributed by atoms with E-state index in [1.54, 1.807) is 12.1 Å². The molecule has 1 heterocycles. The molecule has 7 nitrogen and oxygen atoms in total. The molecule has 0 fully saturated rings. The lowest BCUT2D eigenvalue weighted by Gasteiger charge is -2.12. The molecule has 0 aliphatic carbocycles. The number of nitro groups is 1. The van der Waals surface area contributed by atoms with Crippen LogP contribution >= 0.6 is 68.4 Å². The van der Waals surface area contributed by atoms with Crippen molar-refractivity contribution < 1.29 is 19.2 Å². The third-order valence-electron chi connectivity index (χ3n) is 4.61. The first-order valence-electron chi connectivity index (χ1n) is 9.54. The molecule has 3 aromatic rings. The van der Waals surface area contributed by atoms with E-state index in [0.717, 1.165) is 24.0 Å². The highest BCUT2D eigenvalue weighted by molar-refractivity contribution is 14.1. The number of carbonyl (C=O) groups excluding carboxylic acids is 1. The van der Waals surface area contributed by atoms with Crippen LogP contribution in [-0.4, -0.2) is 16.8 Å². The van der Waals surface area contributed by atoms with Gasteiger partial charge in [-0.15, -0.1) is 0 Å². The number of aliphatic imine (C=N–C) groups is 1.